The fourth-order valence-corrected chi connectivity index (χ4v) is 1.89. The average molecular weight is 289 g/mol. The number of ether oxygens (including phenoxy) is 2. The van der Waals surface area contributed by atoms with Gasteiger partial charge in [-0.2, -0.15) is 0 Å². The maximum absolute atomic E-state index is 13.0. The lowest BCUT2D eigenvalue weighted by Crippen LogP contribution is -2.07. The molecule has 0 atom stereocenters. The van der Waals surface area contributed by atoms with Crippen molar-refractivity contribution in [2.24, 2.45) is 0 Å². The molecule has 0 spiro atoms. The SMILES string of the molecule is COc1cc(C(=O)OCc2ccc(F)cc2C)ccc1N. The van der Waals surface area contributed by atoms with Gasteiger partial charge in [-0.1, -0.05) is 6.07 Å². The minimum atomic E-state index is -0.489. The van der Waals surface area contributed by atoms with E-state index in [1.54, 1.807) is 25.1 Å². The summed E-state index contributed by atoms with van der Waals surface area (Å²) in [5.74, 6) is -0.384. The molecule has 4 nitrogen and oxygen atoms in total. The second-order valence-corrected chi connectivity index (χ2v) is 4.60. The van der Waals surface area contributed by atoms with Crippen molar-refractivity contribution in [1.82, 2.24) is 0 Å². The summed E-state index contributed by atoms with van der Waals surface area (Å²) in [5.41, 5.74) is 7.97. The number of rotatable bonds is 4. The summed E-state index contributed by atoms with van der Waals surface area (Å²) in [6.07, 6.45) is 0. The topological polar surface area (TPSA) is 61.5 Å². The van der Waals surface area contributed by atoms with E-state index in [1.165, 1.54) is 25.3 Å². The number of halogens is 1. The highest BCUT2D eigenvalue weighted by Gasteiger charge is 2.11. The highest BCUT2D eigenvalue weighted by molar-refractivity contribution is 5.90. The summed E-state index contributed by atoms with van der Waals surface area (Å²) in [6.45, 7) is 1.84. The van der Waals surface area contributed by atoms with E-state index in [0.29, 0.717) is 17.0 Å². The highest BCUT2D eigenvalue weighted by Crippen LogP contribution is 2.23. The molecule has 5 heteroatoms. The Labute approximate surface area is 122 Å². The Kier molecular flexibility index (Phi) is 4.42. The van der Waals surface area contributed by atoms with Crippen LogP contribution in [0.1, 0.15) is 21.5 Å². The predicted octanol–water partition coefficient (Wildman–Crippen LogP) is 3.08. The smallest absolute Gasteiger partial charge is 0.338 e. The predicted molar refractivity (Wildman–Crippen MR) is 77.7 cm³/mol. The number of hydrogen-bond acceptors (Lipinski definition) is 4. The molecular weight excluding hydrogens is 273 g/mol. The molecule has 2 rings (SSSR count). The van der Waals surface area contributed by atoms with E-state index in [4.69, 9.17) is 15.2 Å². The first-order valence-electron chi connectivity index (χ1n) is 6.37. The van der Waals surface area contributed by atoms with Gasteiger partial charge in [0.05, 0.1) is 18.4 Å². The number of nitrogen functional groups attached to an aromatic ring is 1. The molecule has 0 aliphatic heterocycles. The molecule has 0 fully saturated rings. The largest absolute Gasteiger partial charge is 0.495 e. The summed E-state index contributed by atoms with van der Waals surface area (Å²) >= 11 is 0. The maximum atomic E-state index is 13.0. The molecule has 0 amide bonds. The molecule has 0 aromatic heterocycles. The maximum Gasteiger partial charge on any atom is 0.338 e. The number of hydrogen-bond donors (Lipinski definition) is 1. The highest BCUT2D eigenvalue weighted by atomic mass is 19.1. The van der Waals surface area contributed by atoms with E-state index in [-0.39, 0.29) is 12.4 Å². The third kappa shape index (κ3) is 3.51. The van der Waals surface area contributed by atoms with E-state index in [1.807, 2.05) is 0 Å². The van der Waals surface area contributed by atoms with Crippen molar-refractivity contribution < 1.29 is 18.7 Å². The van der Waals surface area contributed by atoms with E-state index in [2.05, 4.69) is 0 Å². The van der Waals surface area contributed by atoms with Crippen LogP contribution >= 0.6 is 0 Å². The number of anilines is 1. The van der Waals surface area contributed by atoms with Crippen molar-refractivity contribution in [2.45, 2.75) is 13.5 Å². The number of methoxy groups -OCH3 is 1. The lowest BCUT2D eigenvalue weighted by Gasteiger charge is -2.09. The van der Waals surface area contributed by atoms with Crippen molar-refractivity contribution in [3.8, 4) is 5.75 Å². The van der Waals surface area contributed by atoms with E-state index < -0.39 is 5.97 Å². The first kappa shape index (κ1) is 14.8. The van der Waals surface area contributed by atoms with Crippen LogP contribution in [0.3, 0.4) is 0 Å². The molecule has 21 heavy (non-hydrogen) atoms. The lowest BCUT2D eigenvalue weighted by molar-refractivity contribution is 0.0472. The molecule has 0 unspecified atom stereocenters. The molecule has 0 saturated carbocycles. The molecule has 2 N–H and O–H groups in total. The van der Waals surface area contributed by atoms with Crippen molar-refractivity contribution in [2.75, 3.05) is 12.8 Å². The first-order valence-corrected chi connectivity index (χ1v) is 6.37. The van der Waals surface area contributed by atoms with Gasteiger partial charge in [0.25, 0.3) is 0 Å². The Morgan fingerprint density at radius 1 is 1.24 bits per heavy atom. The van der Waals surface area contributed by atoms with Gasteiger partial charge in [0, 0.05) is 0 Å². The Morgan fingerprint density at radius 3 is 2.67 bits per heavy atom. The third-order valence-electron chi connectivity index (χ3n) is 3.13. The molecule has 0 saturated heterocycles. The van der Waals surface area contributed by atoms with Gasteiger partial charge in [0.2, 0.25) is 0 Å². The zero-order valence-corrected chi connectivity index (χ0v) is 11.9. The summed E-state index contributed by atoms with van der Waals surface area (Å²) < 4.78 is 23.3. The fraction of sp³-hybridized carbons (Fsp3) is 0.188. The van der Waals surface area contributed by atoms with Crippen LogP contribution in [0, 0.1) is 12.7 Å². The van der Waals surface area contributed by atoms with Crippen LogP contribution in [-0.4, -0.2) is 13.1 Å². The number of aryl methyl sites for hydroxylation is 1. The van der Waals surface area contributed by atoms with Gasteiger partial charge in [-0.05, 0) is 48.4 Å². The molecular formula is C16H16FNO3. The van der Waals surface area contributed by atoms with Crippen LogP contribution < -0.4 is 10.5 Å². The minimum Gasteiger partial charge on any atom is -0.495 e. The van der Waals surface area contributed by atoms with Gasteiger partial charge in [0.15, 0.2) is 0 Å². The summed E-state index contributed by atoms with van der Waals surface area (Å²) in [5, 5.41) is 0. The number of esters is 1. The quantitative estimate of drug-likeness (QED) is 0.694. The first-order chi connectivity index (χ1) is 10.0. The molecule has 2 aromatic rings. The van der Waals surface area contributed by atoms with Crippen molar-refractivity contribution in [1.29, 1.82) is 0 Å². The molecule has 0 heterocycles. The van der Waals surface area contributed by atoms with Crippen LogP contribution in [0.15, 0.2) is 36.4 Å². The van der Waals surface area contributed by atoms with Crippen LogP contribution in [0.5, 0.6) is 5.75 Å². The zero-order chi connectivity index (χ0) is 15.4. The summed E-state index contributed by atoms with van der Waals surface area (Å²) in [6, 6.07) is 9.00. The second kappa shape index (κ2) is 6.26. The Hall–Kier alpha value is -2.56. The van der Waals surface area contributed by atoms with Gasteiger partial charge in [-0.15, -0.1) is 0 Å². The Bertz CT molecular complexity index is 671. The van der Waals surface area contributed by atoms with Crippen LogP contribution in [-0.2, 0) is 11.3 Å². The van der Waals surface area contributed by atoms with Crippen molar-refractivity contribution in [3.63, 3.8) is 0 Å². The third-order valence-corrected chi connectivity index (χ3v) is 3.13. The number of carbonyl (C=O) groups is 1. The molecule has 0 bridgehead atoms. The van der Waals surface area contributed by atoms with Gasteiger partial charge < -0.3 is 15.2 Å². The minimum absolute atomic E-state index is 0.0810. The summed E-state index contributed by atoms with van der Waals surface area (Å²) in [7, 11) is 1.47. The fourth-order valence-electron chi connectivity index (χ4n) is 1.89. The molecule has 110 valence electrons. The van der Waals surface area contributed by atoms with Crippen LogP contribution in [0.25, 0.3) is 0 Å². The van der Waals surface area contributed by atoms with Gasteiger partial charge in [0.1, 0.15) is 18.2 Å². The summed E-state index contributed by atoms with van der Waals surface area (Å²) in [4.78, 5) is 12.0. The molecule has 0 aliphatic carbocycles. The van der Waals surface area contributed by atoms with E-state index in [9.17, 15) is 9.18 Å². The lowest BCUT2D eigenvalue weighted by atomic mass is 10.1. The second-order valence-electron chi connectivity index (χ2n) is 4.60. The normalized spacial score (nSPS) is 10.2. The van der Waals surface area contributed by atoms with Crippen LogP contribution in [0.4, 0.5) is 10.1 Å². The number of nitrogens with two attached hydrogens (primary N) is 1. The standard InChI is InChI=1S/C16H16FNO3/c1-10-7-13(17)5-3-12(10)9-21-16(19)11-4-6-14(18)15(8-11)20-2/h3-8H,9,18H2,1-2H3. The Morgan fingerprint density at radius 2 is 2.00 bits per heavy atom. The van der Waals surface area contributed by atoms with E-state index in [0.717, 1.165) is 11.1 Å². The van der Waals surface area contributed by atoms with Crippen molar-refractivity contribution in [3.05, 3.63) is 58.9 Å². The molecule has 0 aliphatic rings. The van der Waals surface area contributed by atoms with Crippen LogP contribution in [0.2, 0.25) is 0 Å². The number of carbonyl (C=O) groups excluding carboxylic acids is 1. The van der Waals surface area contributed by atoms with Crippen molar-refractivity contribution >= 4 is 11.7 Å². The van der Waals surface area contributed by atoms with Gasteiger partial charge in [-0.25, -0.2) is 9.18 Å². The van der Waals surface area contributed by atoms with Gasteiger partial charge >= 0.3 is 5.97 Å². The number of benzene rings is 2. The zero-order valence-electron chi connectivity index (χ0n) is 11.9. The van der Waals surface area contributed by atoms with Gasteiger partial charge in [-0.3, -0.25) is 0 Å². The average Bonchev–Trinajstić information content (AvgIpc) is 2.46. The molecule has 2 aromatic carbocycles. The molecule has 0 radical (unpaired) electrons. The van der Waals surface area contributed by atoms with E-state index >= 15 is 0 Å². The Balaban J connectivity index is 2.08. The monoisotopic (exact) mass is 289 g/mol.